The molecule has 3 aromatic rings. The van der Waals surface area contributed by atoms with Crippen molar-refractivity contribution in [2.24, 2.45) is 11.8 Å². The van der Waals surface area contributed by atoms with Crippen LogP contribution in [0.3, 0.4) is 0 Å². The van der Waals surface area contributed by atoms with E-state index in [4.69, 9.17) is 4.74 Å². The molecule has 6 rings (SSSR count). The number of aldehydes is 1. The summed E-state index contributed by atoms with van der Waals surface area (Å²) in [6.07, 6.45) is 7.24. The average molecular weight is 610 g/mol. The van der Waals surface area contributed by atoms with Gasteiger partial charge in [0.05, 0.1) is 35.9 Å². The smallest absolute Gasteiger partial charge is 0.410 e. The Morgan fingerprint density at radius 3 is 2.43 bits per heavy atom. The number of fused-ring (bicyclic) bond motifs is 1. The number of nitrogens with one attached hydrogen (secondary N) is 1. The van der Waals surface area contributed by atoms with Crippen LogP contribution in [0.5, 0.6) is 0 Å². The topological polar surface area (TPSA) is 138 Å². The molecule has 6 heterocycles. The van der Waals surface area contributed by atoms with Crippen molar-refractivity contribution in [3.63, 3.8) is 0 Å². The number of aromatic nitrogens is 5. The minimum absolute atomic E-state index is 0.00696. The molecule has 0 bridgehead atoms. The first-order valence-corrected chi connectivity index (χ1v) is 14.9. The SMILES string of the molecule is CC(C)(C)OC(=O)N1CC(C=O)C1.Cc1cn2cc(NC(=O)c3cnc(N4CC(CN5CC[C@@H](F)C5)C4)cn3)nc(C)c2n1. The van der Waals surface area contributed by atoms with Gasteiger partial charge >= 0.3 is 6.09 Å². The van der Waals surface area contributed by atoms with Gasteiger partial charge < -0.3 is 29.0 Å². The first-order valence-electron chi connectivity index (χ1n) is 14.9. The summed E-state index contributed by atoms with van der Waals surface area (Å²) in [4.78, 5) is 57.5. The highest BCUT2D eigenvalue weighted by Crippen LogP contribution is 2.25. The number of ether oxygens (including phenoxy) is 1. The van der Waals surface area contributed by atoms with Crippen molar-refractivity contribution in [3.05, 3.63) is 41.9 Å². The Morgan fingerprint density at radius 1 is 1.07 bits per heavy atom. The second-order valence-corrected chi connectivity index (χ2v) is 12.7. The number of carbonyl (C=O) groups is 3. The maximum Gasteiger partial charge on any atom is 0.410 e. The molecule has 0 saturated carbocycles. The first-order chi connectivity index (χ1) is 20.9. The number of carbonyl (C=O) groups excluding carboxylic acids is 3. The zero-order valence-electron chi connectivity index (χ0n) is 25.9. The van der Waals surface area contributed by atoms with Gasteiger partial charge in [0.2, 0.25) is 0 Å². The summed E-state index contributed by atoms with van der Waals surface area (Å²) < 4.78 is 20.3. The second-order valence-electron chi connectivity index (χ2n) is 12.7. The molecule has 44 heavy (non-hydrogen) atoms. The van der Waals surface area contributed by atoms with Crippen LogP contribution >= 0.6 is 0 Å². The number of aryl methyl sites for hydroxylation is 2. The number of nitrogens with zero attached hydrogens (tertiary/aromatic N) is 8. The molecular formula is C30H40FN9O4. The van der Waals surface area contributed by atoms with Crippen LogP contribution < -0.4 is 10.2 Å². The monoisotopic (exact) mass is 609 g/mol. The predicted molar refractivity (Wildman–Crippen MR) is 161 cm³/mol. The molecule has 3 aromatic heterocycles. The van der Waals surface area contributed by atoms with E-state index in [-0.39, 0.29) is 23.6 Å². The van der Waals surface area contributed by atoms with E-state index in [2.05, 4.69) is 35.1 Å². The molecule has 236 valence electrons. The highest BCUT2D eigenvalue weighted by Gasteiger charge is 2.34. The van der Waals surface area contributed by atoms with Crippen LogP contribution in [0.15, 0.2) is 24.8 Å². The molecule has 0 spiro atoms. The van der Waals surface area contributed by atoms with E-state index in [1.165, 1.54) is 11.1 Å². The number of alkyl halides is 1. The Bertz CT molecular complexity index is 1490. The van der Waals surface area contributed by atoms with Crippen molar-refractivity contribution < 1.29 is 23.5 Å². The number of halogens is 1. The van der Waals surface area contributed by atoms with E-state index < -0.39 is 11.8 Å². The molecule has 2 amide bonds. The maximum atomic E-state index is 13.3. The number of anilines is 2. The Labute approximate surface area is 255 Å². The van der Waals surface area contributed by atoms with Gasteiger partial charge in [-0.3, -0.25) is 9.69 Å². The third-order valence-electron chi connectivity index (χ3n) is 7.60. The summed E-state index contributed by atoms with van der Waals surface area (Å²) in [6.45, 7) is 14.3. The van der Waals surface area contributed by atoms with Gasteiger partial charge in [-0.1, -0.05) is 0 Å². The zero-order chi connectivity index (χ0) is 31.6. The van der Waals surface area contributed by atoms with Crippen molar-refractivity contribution in [1.29, 1.82) is 0 Å². The quantitative estimate of drug-likeness (QED) is 0.415. The summed E-state index contributed by atoms with van der Waals surface area (Å²) in [5.74, 6) is 1.35. The lowest BCUT2D eigenvalue weighted by atomic mass is 10.00. The van der Waals surface area contributed by atoms with Crippen molar-refractivity contribution in [1.82, 2.24) is 34.1 Å². The van der Waals surface area contributed by atoms with Gasteiger partial charge in [0.25, 0.3) is 5.91 Å². The zero-order valence-corrected chi connectivity index (χ0v) is 25.9. The molecule has 3 aliphatic rings. The van der Waals surface area contributed by atoms with Crippen LogP contribution in [0.25, 0.3) is 5.65 Å². The van der Waals surface area contributed by atoms with E-state index in [0.29, 0.717) is 37.8 Å². The number of likely N-dealkylation sites (tertiary alicyclic amines) is 2. The van der Waals surface area contributed by atoms with Gasteiger partial charge in [-0.25, -0.2) is 29.1 Å². The van der Waals surface area contributed by atoms with E-state index in [1.807, 2.05) is 45.2 Å². The summed E-state index contributed by atoms with van der Waals surface area (Å²) in [5.41, 5.74) is 2.16. The maximum absolute atomic E-state index is 13.3. The van der Waals surface area contributed by atoms with Gasteiger partial charge in [-0.05, 0) is 41.0 Å². The molecule has 1 N–H and O–H groups in total. The van der Waals surface area contributed by atoms with Gasteiger partial charge in [-0.15, -0.1) is 0 Å². The van der Waals surface area contributed by atoms with Crippen molar-refractivity contribution >= 4 is 35.6 Å². The van der Waals surface area contributed by atoms with Crippen LogP contribution in [0.2, 0.25) is 0 Å². The van der Waals surface area contributed by atoms with Crippen LogP contribution in [0.1, 0.15) is 49.1 Å². The molecule has 14 heteroatoms. The van der Waals surface area contributed by atoms with Crippen LogP contribution in [-0.4, -0.2) is 110 Å². The van der Waals surface area contributed by atoms with Crippen molar-refractivity contribution in [2.45, 2.75) is 52.8 Å². The van der Waals surface area contributed by atoms with Gasteiger partial charge in [0.1, 0.15) is 35.4 Å². The molecule has 0 radical (unpaired) electrons. The van der Waals surface area contributed by atoms with Crippen molar-refractivity contribution in [2.75, 3.05) is 56.0 Å². The predicted octanol–water partition coefficient (Wildman–Crippen LogP) is 2.92. The molecule has 3 aliphatic heterocycles. The van der Waals surface area contributed by atoms with Gasteiger partial charge in [0, 0.05) is 57.9 Å². The van der Waals surface area contributed by atoms with E-state index in [9.17, 15) is 18.8 Å². The summed E-state index contributed by atoms with van der Waals surface area (Å²) in [5, 5.41) is 2.78. The third kappa shape index (κ3) is 7.65. The number of imidazole rings is 1. The Morgan fingerprint density at radius 2 is 1.82 bits per heavy atom. The van der Waals surface area contributed by atoms with E-state index in [0.717, 1.165) is 55.3 Å². The highest BCUT2D eigenvalue weighted by atomic mass is 19.1. The lowest BCUT2D eigenvalue weighted by Crippen LogP contribution is -2.52. The van der Waals surface area contributed by atoms with Gasteiger partial charge in [-0.2, -0.15) is 0 Å². The number of rotatable bonds is 6. The number of hydrogen-bond acceptors (Lipinski definition) is 10. The number of amides is 2. The Balaban J connectivity index is 0.000000249. The first kappa shape index (κ1) is 31.2. The summed E-state index contributed by atoms with van der Waals surface area (Å²) in [6, 6.07) is 0. The molecule has 0 aromatic carbocycles. The van der Waals surface area contributed by atoms with Crippen molar-refractivity contribution in [3.8, 4) is 0 Å². The molecule has 0 unspecified atom stereocenters. The molecule has 1 atom stereocenters. The van der Waals surface area contributed by atoms with E-state index in [1.54, 1.807) is 12.4 Å². The standard InChI is InChI=1S/C21H25FN8O.C9H15NO3/c1-13-7-30-12-18(26-14(2)20(30)25-13)27-21(31)17-5-24-19(6-23-17)29-9-15(10-29)8-28-4-3-16(22)11-28;1-9(2,3)13-8(12)10-4-7(5-10)6-11/h5-7,12,15-16H,3-4,8-11H2,1-2H3,(H,27,31);6-7H,4-5H2,1-3H3/t16-;/m1./s1. The molecule has 13 nitrogen and oxygen atoms in total. The average Bonchev–Trinajstić information content (AvgIpc) is 3.49. The normalized spacial score (nSPS) is 19.2. The Hall–Kier alpha value is -4.20. The fourth-order valence-corrected chi connectivity index (χ4v) is 5.38. The summed E-state index contributed by atoms with van der Waals surface area (Å²) in [7, 11) is 0. The lowest BCUT2D eigenvalue weighted by molar-refractivity contribution is -0.115. The fourth-order valence-electron chi connectivity index (χ4n) is 5.38. The molecule has 3 fully saturated rings. The third-order valence-corrected chi connectivity index (χ3v) is 7.60. The minimum atomic E-state index is -0.675. The van der Waals surface area contributed by atoms with Gasteiger partial charge in [0.15, 0.2) is 5.65 Å². The highest BCUT2D eigenvalue weighted by molar-refractivity contribution is 6.02. The van der Waals surface area contributed by atoms with Crippen LogP contribution in [-0.2, 0) is 9.53 Å². The van der Waals surface area contributed by atoms with Crippen LogP contribution in [0.4, 0.5) is 20.8 Å². The lowest BCUT2D eigenvalue weighted by Gasteiger charge is -2.41. The Kier molecular flexibility index (Phi) is 9.09. The second kappa shape index (κ2) is 12.8. The number of hydrogen-bond donors (Lipinski definition) is 1. The molecule has 3 saturated heterocycles. The fraction of sp³-hybridized carbons (Fsp3) is 0.567. The largest absolute Gasteiger partial charge is 0.444 e. The van der Waals surface area contributed by atoms with Crippen LogP contribution in [0, 0.1) is 25.7 Å². The van der Waals surface area contributed by atoms with E-state index >= 15 is 0 Å². The molecule has 0 aliphatic carbocycles. The minimum Gasteiger partial charge on any atom is -0.444 e. The molecular weight excluding hydrogens is 569 g/mol. The summed E-state index contributed by atoms with van der Waals surface area (Å²) >= 11 is 0.